The number of nitrogens with one attached hydrogen (secondary N) is 2. The highest BCUT2D eigenvalue weighted by Gasteiger charge is 2.07. The van der Waals surface area contributed by atoms with Gasteiger partial charge in [-0.1, -0.05) is 30.3 Å². The van der Waals surface area contributed by atoms with E-state index in [1.807, 2.05) is 35.0 Å². The number of benzene rings is 2. The third-order valence-corrected chi connectivity index (χ3v) is 5.63. The summed E-state index contributed by atoms with van der Waals surface area (Å²) in [5.74, 6) is 0.707. The first-order valence-electron chi connectivity index (χ1n) is 9.27. The lowest BCUT2D eigenvalue weighted by molar-refractivity contribution is 0.602. The minimum absolute atomic E-state index is 0.336. The molecule has 2 aromatic carbocycles. The molecule has 0 atom stereocenters. The van der Waals surface area contributed by atoms with Crippen LogP contribution in [0.5, 0.6) is 0 Å². The van der Waals surface area contributed by atoms with Gasteiger partial charge in [0.1, 0.15) is 0 Å². The maximum absolute atomic E-state index is 11.5. The van der Waals surface area contributed by atoms with Crippen LogP contribution in [-0.4, -0.2) is 43.8 Å². The van der Waals surface area contributed by atoms with Crippen LogP contribution in [0, 0.1) is 0 Å². The molecule has 0 amide bonds. The first kappa shape index (κ1) is 20.6. The summed E-state index contributed by atoms with van der Waals surface area (Å²) in [6, 6.07) is 15.1. The van der Waals surface area contributed by atoms with Crippen LogP contribution in [0.15, 0.2) is 77.1 Å². The second kappa shape index (κ2) is 9.38. The lowest BCUT2D eigenvalue weighted by Gasteiger charge is -2.14. The monoisotopic (exact) mass is 411 g/mol. The molecule has 2 N–H and O–H groups in total. The first-order chi connectivity index (χ1) is 14.0. The third-order valence-electron chi connectivity index (χ3n) is 4.50. The second-order valence-corrected chi connectivity index (χ2v) is 8.63. The summed E-state index contributed by atoms with van der Waals surface area (Å²) in [6.07, 6.45) is 7.43. The molecule has 152 valence electrons. The summed E-state index contributed by atoms with van der Waals surface area (Å²) < 4.78 is 25.0. The van der Waals surface area contributed by atoms with Crippen molar-refractivity contribution in [3.05, 3.63) is 78.4 Å². The van der Waals surface area contributed by atoms with E-state index in [2.05, 4.69) is 32.7 Å². The van der Waals surface area contributed by atoms with Gasteiger partial charge in [0.15, 0.2) is 15.8 Å². The normalized spacial score (nSPS) is 12.0. The van der Waals surface area contributed by atoms with Crippen molar-refractivity contribution in [2.24, 2.45) is 4.99 Å². The smallest absolute Gasteiger partial charge is 0.191 e. The molecule has 0 aliphatic carbocycles. The van der Waals surface area contributed by atoms with Crippen molar-refractivity contribution in [3.63, 3.8) is 0 Å². The van der Waals surface area contributed by atoms with E-state index in [-0.39, 0.29) is 0 Å². The molecule has 7 nitrogen and oxygen atoms in total. The van der Waals surface area contributed by atoms with E-state index in [0.29, 0.717) is 23.9 Å². The van der Waals surface area contributed by atoms with E-state index in [1.165, 1.54) is 6.26 Å². The molecule has 8 heteroatoms. The van der Waals surface area contributed by atoms with Gasteiger partial charge in [0.25, 0.3) is 0 Å². The van der Waals surface area contributed by atoms with Crippen molar-refractivity contribution >= 4 is 15.8 Å². The fourth-order valence-corrected chi connectivity index (χ4v) is 3.57. The molecule has 0 fully saturated rings. The van der Waals surface area contributed by atoms with Gasteiger partial charge in [-0.3, -0.25) is 4.99 Å². The minimum atomic E-state index is -3.16. The lowest BCUT2D eigenvalue weighted by Crippen LogP contribution is -2.38. The molecule has 29 heavy (non-hydrogen) atoms. The van der Waals surface area contributed by atoms with Gasteiger partial charge in [0, 0.05) is 38.8 Å². The fourth-order valence-electron chi connectivity index (χ4n) is 2.94. The van der Waals surface area contributed by atoms with Crippen LogP contribution in [0.25, 0.3) is 5.69 Å². The predicted molar refractivity (Wildman–Crippen MR) is 115 cm³/mol. The van der Waals surface area contributed by atoms with Crippen LogP contribution in [0.2, 0.25) is 0 Å². The maximum atomic E-state index is 11.5. The largest absolute Gasteiger partial charge is 0.356 e. The molecule has 0 saturated carbocycles. The number of imidazole rings is 1. The van der Waals surface area contributed by atoms with E-state index >= 15 is 0 Å². The third kappa shape index (κ3) is 5.68. The Morgan fingerprint density at radius 2 is 1.86 bits per heavy atom. The number of aliphatic imine (C=N–C) groups is 1. The summed E-state index contributed by atoms with van der Waals surface area (Å²) in [5.41, 5.74) is 3.26. The van der Waals surface area contributed by atoms with Crippen molar-refractivity contribution in [1.29, 1.82) is 0 Å². The zero-order valence-electron chi connectivity index (χ0n) is 16.5. The van der Waals surface area contributed by atoms with Gasteiger partial charge < -0.3 is 15.2 Å². The Kier molecular flexibility index (Phi) is 6.66. The summed E-state index contributed by atoms with van der Waals surface area (Å²) in [5, 5.41) is 6.62. The van der Waals surface area contributed by atoms with Crippen LogP contribution in [0.4, 0.5) is 0 Å². The molecule has 1 heterocycles. The number of para-hydroxylation sites is 1. The average molecular weight is 412 g/mol. The number of hydrogen-bond donors (Lipinski definition) is 2. The van der Waals surface area contributed by atoms with Gasteiger partial charge in [-0.15, -0.1) is 0 Å². The zero-order valence-corrected chi connectivity index (χ0v) is 17.4. The van der Waals surface area contributed by atoms with Gasteiger partial charge in [-0.05, 0) is 35.7 Å². The average Bonchev–Trinajstić information content (AvgIpc) is 3.25. The minimum Gasteiger partial charge on any atom is -0.356 e. The Balaban J connectivity index is 1.53. The number of rotatable bonds is 7. The molecule has 0 radical (unpaired) electrons. The van der Waals surface area contributed by atoms with E-state index in [0.717, 1.165) is 23.2 Å². The molecular weight excluding hydrogens is 386 g/mol. The van der Waals surface area contributed by atoms with E-state index < -0.39 is 9.84 Å². The zero-order chi connectivity index (χ0) is 20.7. The van der Waals surface area contributed by atoms with Crippen LogP contribution in [0.1, 0.15) is 11.1 Å². The lowest BCUT2D eigenvalue weighted by atomic mass is 10.1. The first-order valence-corrected chi connectivity index (χ1v) is 11.2. The molecule has 0 bridgehead atoms. The van der Waals surface area contributed by atoms with Crippen molar-refractivity contribution in [1.82, 2.24) is 20.2 Å². The molecule has 3 aromatic rings. The van der Waals surface area contributed by atoms with Crippen LogP contribution in [0.3, 0.4) is 0 Å². The SMILES string of the molecule is CN=C(NCCc1ccc(S(C)(=O)=O)cc1)NCc1ccccc1-n1ccnc1. The maximum Gasteiger partial charge on any atom is 0.191 e. The van der Waals surface area contributed by atoms with Gasteiger partial charge in [-0.25, -0.2) is 13.4 Å². The molecule has 0 aliphatic rings. The summed E-state index contributed by atoms with van der Waals surface area (Å²) >= 11 is 0. The number of guanidine groups is 1. The van der Waals surface area contributed by atoms with E-state index in [1.54, 1.807) is 31.7 Å². The Morgan fingerprint density at radius 3 is 2.52 bits per heavy atom. The molecular formula is C21H25N5O2S. The fraction of sp³-hybridized carbons (Fsp3) is 0.238. The Bertz CT molecular complexity index is 1060. The standard InChI is InChI=1S/C21H25N5O2S/c1-22-21(24-12-11-17-7-9-19(10-8-17)29(2,27)28)25-15-18-5-3-4-6-20(18)26-14-13-23-16-26/h3-10,13-14,16H,11-12,15H2,1-2H3,(H2,22,24,25). The Morgan fingerprint density at radius 1 is 1.10 bits per heavy atom. The van der Waals surface area contributed by atoms with Crippen molar-refractivity contribution < 1.29 is 8.42 Å². The second-order valence-electron chi connectivity index (χ2n) is 6.62. The van der Waals surface area contributed by atoms with Gasteiger partial charge in [0.05, 0.1) is 16.9 Å². The molecule has 0 aliphatic heterocycles. The van der Waals surface area contributed by atoms with Gasteiger partial charge in [0.2, 0.25) is 0 Å². The summed E-state index contributed by atoms with van der Waals surface area (Å²) in [7, 11) is -1.43. The van der Waals surface area contributed by atoms with Crippen LogP contribution >= 0.6 is 0 Å². The number of nitrogens with zero attached hydrogens (tertiary/aromatic N) is 3. The van der Waals surface area contributed by atoms with Gasteiger partial charge in [-0.2, -0.15) is 0 Å². The molecule has 0 saturated heterocycles. The number of sulfone groups is 1. The topological polar surface area (TPSA) is 88.4 Å². The van der Waals surface area contributed by atoms with Gasteiger partial charge >= 0.3 is 0 Å². The van der Waals surface area contributed by atoms with Crippen LogP contribution in [-0.2, 0) is 22.8 Å². The quantitative estimate of drug-likeness (QED) is 0.460. The Labute approximate surface area is 171 Å². The molecule has 0 spiro atoms. The Hall–Kier alpha value is -3.13. The summed E-state index contributed by atoms with van der Waals surface area (Å²) in [4.78, 5) is 8.72. The predicted octanol–water partition coefficient (Wildman–Crippen LogP) is 2.18. The number of aromatic nitrogens is 2. The summed E-state index contributed by atoms with van der Waals surface area (Å²) in [6.45, 7) is 1.30. The highest BCUT2D eigenvalue weighted by molar-refractivity contribution is 7.90. The van der Waals surface area contributed by atoms with Crippen molar-refractivity contribution in [2.45, 2.75) is 17.9 Å². The van der Waals surface area contributed by atoms with Crippen LogP contribution < -0.4 is 10.6 Å². The molecule has 1 aromatic heterocycles. The highest BCUT2D eigenvalue weighted by atomic mass is 32.2. The van der Waals surface area contributed by atoms with E-state index in [4.69, 9.17) is 0 Å². The van der Waals surface area contributed by atoms with E-state index in [9.17, 15) is 8.42 Å². The number of hydrogen-bond acceptors (Lipinski definition) is 4. The van der Waals surface area contributed by atoms with Crippen molar-refractivity contribution in [2.75, 3.05) is 19.8 Å². The molecule has 0 unspecified atom stereocenters. The highest BCUT2D eigenvalue weighted by Crippen LogP contribution is 2.14. The van der Waals surface area contributed by atoms with Crippen molar-refractivity contribution in [3.8, 4) is 5.69 Å². The molecule has 3 rings (SSSR count).